The fraction of sp³-hybridized carbons (Fsp3) is 0.0714. The summed E-state index contributed by atoms with van der Waals surface area (Å²) in [7, 11) is 0. The largest absolute Gasteiger partial charge is 0.477 e. The minimum atomic E-state index is -1.14. The molecule has 0 aliphatic carbocycles. The molecule has 0 bridgehead atoms. The summed E-state index contributed by atoms with van der Waals surface area (Å²) >= 11 is 0.996. The number of hydrogen-bond donors (Lipinski definition) is 1. The van der Waals surface area contributed by atoms with E-state index in [2.05, 4.69) is 4.98 Å². The third kappa shape index (κ3) is 2.31. The zero-order chi connectivity index (χ0) is 15.0. The first-order chi connectivity index (χ1) is 10.1. The van der Waals surface area contributed by atoms with Crippen molar-refractivity contribution in [1.29, 1.82) is 0 Å². The number of rotatable bonds is 3. The number of carboxylic acids is 1. The van der Waals surface area contributed by atoms with Crippen molar-refractivity contribution >= 4 is 27.4 Å². The summed E-state index contributed by atoms with van der Waals surface area (Å²) in [5.74, 6) is -1.63. The molecule has 3 aromatic rings. The van der Waals surface area contributed by atoms with Crippen molar-refractivity contribution < 1.29 is 14.3 Å². The predicted molar refractivity (Wildman–Crippen MR) is 76.3 cm³/mol. The summed E-state index contributed by atoms with van der Waals surface area (Å²) in [6.07, 6.45) is 2.65. The van der Waals surface area contributed by atoms with Crippen LogP contribution < -0.4 is 5.56 Å². The molecule has 7 heteroatoms. The zero-order valence-corrected chi connectivity index (χ0v) is 11.4. The lowest BCUT2D eigenvalue weighted by atomic mass is 10.1. The summed E-state index contributed by atoms with van der Waals surface area (Å²) < 4.78 is 15.8. The maximum atomic E-state index is 14.0. The van der Waals surface area contributed by atoms with Crippen LogP contribution in [0.15, 0.2) is 41.6 Å². The molecule has 0 saturated heterocycles. The van der Waals surface area contributed by atoms with Gasteiger partial charge in [0.1, 0.15) is 10.7 Å². The molecule has 2 heterocycles. The van der Waals surface area contributed by atoms with Gasteiger partial charge >= 0.3 is 5.97 Å². The molecule has 0 amide bonds. The minimum absolute atomic E-state index is 0.0325. The van der Waals surface area contributed by atoms with Crippen LogP contribution in [0, 0.1) is 5.82 Å². The number of thiophene rings is 1. The highest BCUT2D eigenvalue weighted by molar-refractivity contribution is 7.21. The molecule has 0 spiro atoms. The van der Waals surface area contributed by atoms with Crippen molar-refractivity contribution in [3.63, 3.8) is 0 Å². The van der Waals surface area contributed by atoms with Crippen molar-refractivity contribution in [3.8, 4) is 0 Å². The van der Waals surface area contributed by atoms with E-state index in [0.717, 1.165) is 11.3 Å². The van der Waals surface area contributed by atoms with Crippen molar-refractivity contribution in [1.82, 2.24) is 9.55 Å². The number of halogens is 1. The first-order valence-corrected chi connectivity index (χ1v) is 6.83. The van der Waals surface area contributed by atoms with Gasteiger partial charge in [-0.05, 0) is 12.1 Å². The van der Waals surface area contributed by atoms with Crippen molar-refractivity contribution in [2.45, 2.75) is 6.54 Å². The maximum absolute atomic E-state index is 14.0. The van der Waals surface area contributed by atoms with Crippen LogP contribution in [0.3, 0.4) is 0 Å². The molecule has 0 atom stereocenters. The predicted octanol–water partition coefficient (Wildman–Crippen LogP) is 2.34. The number of benzene rings is 1. The Bertz CT molecular complexity index is 901. The van der Waals surface area contributed by atoms with Crippen LogP contribution in [0.4, 0.5) is 4.39 Å². The second kappa shape index (κ2) is 5.10. The summed E-state index contributed by atoms with van der Waals surface area (Å²) in [6.45, 7) is -0.0325. The van der Waals surface area contributed by atoms with Gasteiger partial charge in [-0.2, -0.15) is 0 Å². The summed E-state index contributed by atoms with van der Waals surface area (Å²) in [5.41, 5.74) is -0.0345. The Balaban J connectivity index is 2.25. The fourth-order valence-corrected chi connectivity index (χ4v) is 3.22. The van der Waals surface area contributed by atoms with Gasteiger partial charge in [-0.15, -0.1) is 11.3 Å². The van der Waals surface area contributed by atoms with Gasteiger partial charge in [-0.25, -0.2) is 14.2 Å². The lowest BCUT2D eigenvalue weighted by Gasteiger charge is -2.05. The third-order valence-corrected chi connectivity index (χ3v) is 4.26. The lowest BCUT2D eigenvalue weighted by Crippen LogP contribution is -2.20. The lowest BCUT2D eigenvalue weighted by molar-refractivity contribution is 0.0701. The minimum Gasteiger partial charge on any atom is -0.477 e. The van der Waals surface area contributed by atoms with Crippen molar-refractivity contribution in [2.75, 3.05) is 0 Å². The van der Waals surface area contributed by atoms with Crippen LogP contribution in [-0.2, 0) is 6.54 Å². The van der Waals surface area contributed by atoms with Crippen molar-refractivity contribution in [3.05, 3.63) is 63.4 Å². The molecule has 106 valence electrons. The molecule has 0 radical (unpaired) electrons. The van der Waals surface area contributed by atoms with Crippen LogP contribution in [0.5, 0.6) is 0 Å². The molecule has 5 nitrogen and oxygen atoms in total. The monoisotopic (exact) mass is 304 g/mol. The number of fused-ring (bicyclic) bond motifs is 1. The molecule has 0 aliphatic heterocycles. The molecule has 3 rings (SSSR count). The van der Waals surface area contributed by atoms with Gasteiger partial charge in [-0.3, -0.25) is 9.36 Å². The van der Waals surface area contributed by atoms with E-state index >= 15 is 0 Å². The van der Waals surface area contributed by atoms with Crippen LogP contribution in [0.1, 0.15) is 15.2 Å². The van der Waals surface area contributed by atoms with E-state index in [9.17, 15) is 19.1 Å². The van der Waals surface area contributed by atoms with Gasteiger partial charge in [0.05, 0.1) is 12.9 Å². The van der Waals surface area contributed by atoms with Gasteiger partial charge in [0.2, 0.25) is 0 Å². The molecule has 0 saturated carbocycles. The van der Waals surface area contributed by atoms with Gasteiger partial charge in [0.25, 0.3) is 5.56 Å². The molecule has 21 heavy (non-hydrogen) atoms. The standard InChI is InChI=1S/C14H9FN2O3S/c15-9-2-1-3-10-12(9)8(13(21-10)14(19)20)6-17-7-16-5-4-11(17)18/h1-5,7H,6H2,(H,19,20). The van der Waals surface area contributed by atoms with Gasteiger partial charge < -0.3 is 5.11 Å². The molecule has 0 fully saturated rings. The maximum Gasteiger partial charge on any atom is 0.346 e. The molecule has 1 N–H and O–H groups in total. The molecule has 0 aliphatic rings. The van der Waals surface area contributed by atoms with Gasteiger partial charge in [-0.1, -0.05) is 6.07 Å². The number of aromatic nitrogens is 2. The quantitative estimate of drug-likeness (QED) is 0.806. The Hall–Kier alpha value is -2.54. The Morgan fingerprint density at radius 2 is 2.19 bits per heavy atom. The van der Waals surface area contributed by atoms with E-state index in [1.807, 2.05) is 0 Å². The molecular weight excluding hydrogens is 295 g/mol. The first kappa shape index (κ1) is 13.4. The highest BCUT2D eigenvalue weighted by atomic mass is 32.1. The van der Waals surface area contributed by atoms with Gasteiger partial charge in [0.15, 0.2) is 0 Å². The Morgan fingerprint density at radius 1 is 1.38 bits per heavy atom. The Labute approximate surface area is 121 Å². The normalized spacial score (nSPS) is 10.9. The van der Waals surface area contributed by atoms with Crippen LogP contribution >= 0.6 is 11.3 Å². The van der Waals surface area contributed by atoms with E-state index in [1.165, 1.54) is 35.3 Å². The number of carboxylic acid groups (broad SMARTS) is 1. The van der Waals surface area contributed by atoms with Crippen LogP contribution in [0.2, 0.25) is 0 Å². The van der Waals surface area contributed by atoms with E-state index < -0.39 is 11.8 Å². The van der Waals surface area contributed by atoms with E-state index in [1.54, 1.807) is 6.07 Å². The van der Waals surface area contributed by atoms with Crippen LogP contribution in [0.25, 0.3) is 10.1 Å². The molecule has 2 aromatic heterocycles. The fourth-order valence-electron chi connectivity index (χ4n) is 2.16. The van der Waals surface area contributed by atoms with E-state index in [4.69, 9.17) is 0 Å². The highest BCUT2D eigenvalue weighted by Gasteiger charge is 2.20. The Kier molecular flexibility index (Phi) is 3.26. The molecule has 1 aromatic carbocycles. The SMILES string of the molecule is O=C(O)c1sc2cccc(F)c2c1Cn1cnccc1=O. The topological polar surface area (TPSA) is 72.2 Å². The summed E-state index contributed by atoms with van der Waals surface area (Å²) in [5, 5.41) is 9.54. The molecular formula is C14H9FN2O3S. The van der Waals surface area contributed by atoms with E-state index in [0.29, 0.717) is 4.70 Å². The number of nitrogens with zero attached hydrogens (tertiary/aromatic N) is 2. The number of carbonyl (C=O) groups is 1. The zero-order valence-electron chi connectivity index (χ0n) is 10.6. The van der Waals surface area contributed by atoms with Crippen molar-refractivity contribution in [2.24, 2.45) is 0 Å². The summed E-state index contributed by atoms with van der Waals surface area (Å²) in [6, 6.07) is 5.73. The van der Waals surface area contributed by atoms with E-state index in [-0.39, 0.29) is 27.9 Å². The van der Waals surface area contributed by atoms with Gasteiger partial charge in [0, 0.05) is 27.9 Å². The van der Waals surface area contributed by atoms with Crippen LogP contribution in [-0.4, -0.2) is 20.6 Å². The second-order valence-electron chi connectivity index (χ2n) is 4.37. The Morgan fingerprint density at radius 3 is 2.90 bits per heavy atom. The third-order valence-electron chi connectivity index (χ3n) is 3.08. The number of aromatic carboxylic acids is 1. The average Bonchev–Trinajstić information content (AvgIpc) is 2.82. The smallest absolute Gasteiger partial charge is 0.346 e. The average molecular weight is 304 g/mol. The first-order valence-electron chi connectivity index (χ1n) is 6.01. The summed E-state index contributed by atoms with van der Waals surface area (Å²) in [4.78, 5) is 27.0. The second-order valence-corrected chi connectivity index (χ2v) is 5.43. The molecule has 0 unspecified atom stereocenters. The highest BCUT2D eigenvalue weighted by Crippen LogP contribution is 2.33. The number of hydrogen-bond acceptors (Lipinski definition) is 4.